The highest BCUT2D eigenvalue weighted by Crippen LogP contribution is 2.24. The lowest BCUT2D eigenvalue weighted by Gasteiger charge is -2.08. The molecule has 0 bridgehead atoms. The van der Waals surface area contributed by atoms with Gasteiger partial charge < -0.3 is 9.47 Å². The maximum Gasteiger partial charge on any atom is 0.205 e. The van der Waals surface area contributed by atoms with Gasteiger partial charge in [0.2, 0.25) is 3.79 Å². The SMILES string of the molecule is COc1ccc(Oc2ccc(CC(I)C(=O)I)cc2)cc1. The Morgan fingerprint density at radius 2 is 1.48 bits per heavy atom. The van der Waals surface area contributed by atoms with E-state index in [1.807, 2.05) is 71.1 Å². The number of hydrogen-bond donors (Lipinski definition) is 0. The molecule has 0 saturated heterocycles. The maximum absolute atomic E-state index is 11.3. The van der Waals surface area contributed by atoms with Crippen LogP contribution in [0.2, 0.25) is 0 Å². The second kappa shape index (κ2) is 7.98. The summed E-state index contributed by atoms with van der Waals surface area (Å²) < 4.78 is 11.0. The van der Waals surface area contributed by atoms with Crippen LogP contribution < -0.4 is 9.47 Å². The van der Waals surface area contributed by atoms with E-state index in [0.717, 1.165) is 29.2 Å². The average Bonchev–Trinajstić information content (AvgIpc) is 2.50. The number of methoxy groups -OCH3 is 1. The molecule has 1 atom stereocenters. The molecular weight excluding hydrogens is 494 g/mol. The summed E-state index contributed by atoms with van der Waals surface area (Å²) in [5.74, 6) is 2.33. The van der Waals surface area contributed by atoms with Crippen molar-refractivity contribution in [3.63, 3.8) is 0 Å². The van der Waals surface area contributed by atoms with Crippen molar-refractivity contribution in [1.29, 1.82) is 0 Å². The van der Waals surface area contributed by atoms with Gasteiger partial charge in [-0.15, -0.1) is 0 Å². The van der Waals surface area contributed by atoms with Crippen LogP contribution in [0.4, 0.5) is 0 Å². The zero-order valence-corrected chi connectivity index (χ0v) is 15.7. The molecule has 0 fully saturated rings. The fraction of sp³-hybridized carbons (Fsp3) is 0.188. The van der Waals surface area contributed by atoms with Gasteiger partial charge in [0.15, 0.2) is 0 Å². The average molecular weight is 508 g/mol. The van der Waals surface area contributed by atoms with Crippen LogP contribution in [0.25, 0.3) is 0 Å². The van der Waals surface area contributed by atoms with Crippen LogP contribution >= 0.6 is 45.2 Å². The standard InChI is InChI=1S/C16H14I2O3/c1-20-12-6-8-14(9-7-12)21-13-4-2-11(3-5-13)10-15(17)16(18)19/h2-9,15H,10H2,1H3. The van der Waals surface area contributed by atoms with Gasteiger partial charge in [0.1, 0.15) is 17.2 Å². The van der Waals surface area contributed by atoms with E-state index in [1.165, 1.54) is 0 Å². The van der Waals surface area contributed by atoms with E-state index >= 15 is 0 Å². The summed E-state index contributed by atoms with van der Waals surface area (Å²) in [4.78, 5) is 11.3. The van der Waals surface area contributed by atoms with Crippen LogP contribution in [-0.4, -0.2) is 14.8 Å². The fourth-order valence-corrected chi connectivity index (χ4v) is 2.49. The zero-order chi connectivity index (χ0) is 15.2. The predicted molar refractivity (Wildman–Crippen MR) is 100 cm³/mol. The van der Waals surface area contributed by atoms with Crippen LogP contribution in [0.1, 0.15) is 5.56 Å². The first-order valence-electron chi connectivity index (χ1n) is 6.33. The molecule has 0 heterocycles. The highest BCUT2D eigenvalue weighted by molar-refractivity contribution is 14.1. The van der Waals surface area contributed by atoms with Crippen molar-refractivity contribution < 1.29 is 14.3 Å². The molecule has 0 aliphatic heterocycles. The minimum Gasteiger partial charge on any atom is -0.497 e. The molecular formula is C16H14I2O3. The van der Waals surface area contributed by atoms with E-state index in [9.17, 15) is 4.79 Å². The summed E-state index contributed by atoms with van der Waals surface area (Å²) in [6, 6.07) is 15.3. The van der Waals surface area contributed by atoms with E-state index in [4.69, 9.17) is 9.47 Å². The molecule has 21 heavy (non-hydrogen) atoms. The van der Waals surface area contributed by atoms with E-state index in [-0.39, 0.29) is 7.71 Å². The first kappa shape index (κ1) is 16.5. The Labute approximate surface area is 151 Å². The van der Waals surface area contributed by atoms with Crippen LogP contribution in [0.5, 0.6) is 17.2 Å². The second-order valence-corrected chi connectivity index (χ2v) is 6.96. The highest BCUT2D eigenvalue weighted by atomic mass is 127. The molecule has 0 spiro atoms. The topological polar surface area (TPSA) is 35.5 Å². The molecule has 0 aromatic heterocycles. The van der Waals surface area contributed by atoms with E-state index in [1.54, 1.807) is 7.11 Å². The monoisotopic (exact) mass is 508 g/mol. The van der Waals surface area contributed by atoms with Crippen LogP contribution in [-0.2, 0) is 11.2 Å². The van der Waals surface area contributed by atoms with E-state index in [2.05, 4.69) is 22.6 Å². The van der Waals surface area contributed by atoms with Gasteiger partial charge in [-0.1, -0.05) is 34.7 Å². The number of benzene rings is 2. The number of ether oxygens (including phenoxy) is 2. The van der Waals surface area contributed by atoms with Gasteiger partial charge in [-0.3, -0.25) is 4.79 Å². The lowest BCUT2D eigenvalue weighted by Crippen LogP contribution is -2.09. The Kier molecular flexibility index (Phi) is 6.28. The van der Waals surface area contributed by atoms with Crippen molar-refractivity contribution in [2.24, 2.45) is 0 Å². The van der Waals surface area contributed by atoms with Crippen molar-refractivity contribution in [1.82, 2.24) is 0 Å². The summed E-state index contributed by atoms with van der Waals surface area (Å²) >= 11 is 4.01. The quantitative estimate of drug-likeness (QED) is 0.320. The Bertz CT molecular complexity index is 594. The predicted octanol–water partition coefficient (Wildman–Crippen LogP) is 4.80. The summed E-state index contributed by atoms with van der Waals surface area (Å²) in [5, 5.41) is 0. The maximum atomic E-state index is 11.3. The summed E-state index contributed by atoms with van der Waals surface area (Å²) in [7, 11) is 1.63. The first-order chi connectivity index (χ1) is 10.1. The Morgan fingerprint density at radius 1 is 1.00 bits per heavy atom. The molecule has 0 aliphatic carbocycles. The number of hydrogen-bond acceptors (Lipinski definition) is 3. The largest absolute Gasteiger partial charge is 0.497 e. The summed E-state index contributed by atoms with van der Waals surface area (Å²) in [6.45, 7) is 0. The minimum absolute atomic E-state index is 0.0107. The molecule has 2 rings (SSSR count). The van der Waals surface area contributed by atoms with Gasteiger partial charge >= 0.3 is 0 Å². The first-order valence-corrected chi connectivity index (χ1v) is 8.65. The third kappa shape index (κ3) is 5.14. The number of halogens is 2. The molecule has 0 amide bonds. The lowest BCUT2D eigenvalue weighted by atomic mass is 10.1. The minimum atomic E-state index is 0.0107. The highest BCUT2D eigenvalue weighted by Gasteiger charge is 2.11. The van der Waals surface area contributed by atoms with Crippen molar-refractivity contribution >= 4 is 49.0 Å². The normalized spacial score (nSPS) is 11.8. The van der Waals surface area contributed by atoms with Gasteiger partial charge in [-0.05, 0) is 48.4 Å². The smallest absolute Gasteiger partial charge is 0.205 e. The van der Waals surface area contributed by atoms with Gasteiger partial charge in [0, 0.05) is 22.6 Å². The molecule has 0 aliphatic rings. The van der Waals surface area contributed by atoms with E-state index < -0.39 is 0 Å². The number of rotatable bonds is 6. The lowest BCUT2D eigenvalue weighted by molar-refractivity contribution is -0.108. The van der Waals surface area contributed by atoms with Crippen molar-refractivity contribution in [2.75, 3.05) is 7.11 Å². The number of carbonyl (C=O) groups is 1. The third-order valence-corrected chi connectivity index (χ3v) is 5.83. The molecule has 2 aromatic rings. The summed E-state index contributed by atoms with van der Waals surface area (Å²) in [6.07, 6.45) is 0.741. The zero-order valence-electron chi connectivity index (χ0n) is 11.4. The van der Waals surface area contributed by atoms with Gasteiger partial charge in [0.25, 0.3) is 0 Å². The third-order valence-electron chi connectivity index (χ3n) is 2.88. The molecule has 5 heteroatoms. The van der Waals surface area contributed by atoms with Crippen molar-refractivity contribution in [2.45, 2.75) is 10.3 Å². The fourth-order valence-electron chi connectivity index (χ4n) is 1.76. The number of alkyl halides is 1. The molecule has 0 saturated carbocycles. The van der Waals surface area contributed by atoms with Gasteiger partial charge in [0.05, 0.1) is 11.0 Å². The van der Waals surface area contributed by atoms with Crippen LogP contribution in [0, 0.1) is 0 Å². The second-order valence-electron chi connectivity index (χ2n) is 4.40. The van der Waals surface area contributed by atoms with Gasteiger partial charge in [-0.25, -0.2) is 0 Å². The molecule has 1 unspecified atom stereocenters. The Morgan fingerprint density at radius 3 is 1.95 bits per heavy atom. The van der Waals surface area contributed by atoms with Gasteiger partial charge in [-0.2, -0.15) is 0 Å². The van der Waals surface area contributed by atoms with Crippen molar-refractivity contribution in [3.8, 4) is 17.2 Å². The molecule has 0 N–H and O–H groups in total. The molecule has 110 valence electrons. The Hall–Kier alpha value is -0.830. The number of carbonyl (C=O) groups excluding carboxylic acids is 1. The van der Waals surface area contributed by atoms with Crippen LogP contribution in [0.15, 0.2) is 48.5 Å². The molecule has 0 radical (unpaired) electrons. The van der Waals surface area contributed by atoms with E-state index in [0.29, 0.717) is 0 Å². The van der Waals surface area contributed by atoms with Crippen molar-refractivity contribution in [3.05, 3.63) is 54.1 Å². The molecule has 3 nitrogen and oxygen atoms in total. The Balaban J connectivity index is 1.99. The van der Waals surface area contributed by atoms with Crippen LogP contribution in [0.3, 0.4) is 0 Å². The molecule has 2 aromatic carbocycles. The summed E-state index contributed by atoms with van der Waals surface area (Å²) in [5.41, 5.74) is 1.13.